The highest BCUT2D eigenvalue weighted by Gasteiger charge is 2.33. The smallest absolute Gasteiger partial charge is 0.339 e. The molecule has 3 heterocycles. The maximum Gasteiger partial charge on any atom is 0.339 e. The summed E-state index contributed by atoms with van der Waals surface area (Å²) in [4.78, 5) is 38.2. The first-order valence-corrected chi connectivity index (χ1v) is 11.0. The van der Waals surface area contributed by atoms with Crippen LogP contribution in [0.3, 0.4) is 0 Å². The summed E-state index contributed by atoms with van der Waals surface area (Å²) in [6, 6.07) is 12.8. The number of aryl methyl sites for hydroxylation is 1. The third-order valence-corrected chi connectivity index (χ3v) is 6.51. The van der Waals surface area contributed by atoms with Crippen LogP contribution in [0.5, 0.6) is 0 Å². The van der Waals surface area contributed by atoms with Crippen molar-refractivity contribution in [3.63, 3.8) is 0 Å². The van der Waals surface area contributed by atoms with Gasteiger partial charge in [-0.1, -0.05) is 30.3 Å². The summed E-state index contributed by atoms with van der Waals surface area (Å²) in [6.45, 7) is 2.28. The van der Waals surface area contributed by atoms with Gasteiger partial charge in [-0.2, -0.15) is 0 Å². The van der Waals surface area contributed by atoms with E-state index in [1.807, 2.05) is 43.3 Å². The van der Waals surface area contributed by atoms with E-state index in [1.54, 1.807) is 12.3 Å². The van der Waals surface area contributed by atoms with Crippen LogP contribution in [-0.2, 0) is 16.0 Å². The first kappa shape index (κ1) is 21.0. The van der Waals surface area contributed by atoms with Crippen molar-refractivity contribution >= 4 is 33.8 Å². The third-order valence-electron chi connectivity index (χ3n) is 6.51. The van der Waals surface area contributed by atoms with E-state index < -0.39 is 17.6 Å². The number of carbonyl (C=O) groups excluding carboxylic acids is 1. The molecule has 1 fully saturated rings. The van der Waals surface area contributed by atoms with Gasteiger partial charge in [0.25, 0.3) is 0 Å². The van der Waals surface area contributed by atoms with Gasteiger partial charge in [0, 0.05) is 40.9 Å². The number of rotatable bonds is 5. The van der Waals surface area contributed by atoms with E-state index in [2.05, 4.69) is 0 Å². The lowest BCUT2D eigenvalue weighted by Crippen LogP contribution is -2.40. The highest BCUT2D eigenvalue weighted by atomic mass is 16.4. The number of benzene rings is 2. The third kappa shape index (κ3) is 3.69. The average Bonchev–Trinajstić information content (AvgIpc) is 3.45. The van der Waals surface area contributed by atoms with Crippen molar-refractivity contribution in [3.05, 3.63) is 70.3 Å². The normalized spacial score (nSPS) is 16.0. The number of nitrogens with zero attached hydrogens (tertiary/aromatic N) is 1. The average molecular weight is 445 g/mol. The summed E-state index contributed by atoms with van der Waals surface area (Å²) in [6.07, 6.45) is 3.08. The van der Waals surface area contributed by atoms with E-state index in [0.717, 1.165) is 27.5 Å². The molecule has 0 saturated carbocycles. The summed E-state index contributed by atoms with van der Waals surface area (Å²) in [5.41, 5.74) is 3.73. The SMILES string of the molecule is Cc1c(CCC(=O)N2CCCC2C(=O)O)c(=O)oc2cc3occ(-c4ccccc4)c3cc12. The summed E-state index contributed by atoms with van der Waals surface area (Å²) in [5.74, 6) is -1.24. The molecule has 0 bridgehead atoms. The molecule has 7 nitrogen and oxygen atoms in total. The van der Waals surface area contributed by atoms with Crippen LogP contribution in [0.15, 0.2) is 62.4 Å². The number of likely N-dealkylation sites (tertiary alicyclic amines) is 1. The zero-order valence-corrected chi connectivity index (χ0v) is 18.2. The summed E-state index contributed by atoms with van der Waals surface area (Å²) < 4.78 is 11.3. The highest BCUT2D eigenvalue weighted by molar-refractivity contribution is 6.02. The van der Waals surface area contributed by atoms with Gasteiger partial charge >= 0.3 is 11.6 Å². The second-order valence-electron chi connectivity index (χ2n) is 8.44. The number of carbonyl (C=O) groups is 2. The second kappa shape index (κ2) is 8.24. The van der Waals surface area contributed by atoms with Crippen LogP contribution >= 0.6 is 0 Å². The topological polar surface area (TPSA) is 101 Å². The first-order chi connectivity index (χ1) is 15.9. The van der Waals surface area contributed by atoms with Gasteiger partial charge in [0.15, 0.2) is 0 Å². The molecule has 5 rings (SSSR count). The van der Waals surface area contributed by atoms with E-state index >= 15 is 0 Å². The molecule has 0 radical (unpaired) electrons. The molecule has 2 aromatic carbocycles. The summed E-state index contributed by atoms with van der Waals surface area (Å²) in [7, 11) is 0. The number of hydrogen-bond donors (Lipinski definition) is 1. The number of hydrogen-bond acceptors (Lipinski definition) is 5. The Bertz CT molecular complexity index is 1430. The number of furan rings is 1. The van der Waals surface area contributed by atoms with Gasteiger partial charge in [0.05, 0.1) is 6.26 Å². The van der Waals surface area contributed by atoms with Crippen LogP contribution in [0.25, 0.3) is 33.1 Å². The number of aliphatic carboxylic acids is 1. The van der Waals surface area contributed by atoms with Crippen molar-refractivity contribution in [2.75, 3.05) is 6.54 Å². The molecule has 1 atom stereocenters. The highest BCUT2D eigenvalue weighted by Crippen LogP contribution is 2.34. The lowest BCUT2D eigenvalue weighted by molar-refractivity contribution is -0.148. The molecule has 1 aliphatic rings. The van der Waals surface area contributed by atoms with Crippen LogP contribution in [0, 0.1) is 6.92 Å². The lowest BCUT2D eigenvalue weighted by atomic mass is 9.99. The van der Waals surface area contributed by atoms with Gasteiger partial charge in [-0.05, 0) is 43.4 Å². The minimum atomic E-state index is -0.986. The van der Waals surface area contributed by atoms with E-state index in [1.165, 1.54) is 4.90 Å². The Morgan fingerprint density at radius 1 is 1.12 bits per heavy atom. The molecular weight excluding hydrogens is 422 g/mol. The van der Waals surface area contributed by atoms with Crippen molar-refractivity contribution in [1.82, 2.24) is 4.90 Å². The lowest BCUT2D eigenvalue weighted by Gasteiger charge is -2.21. The van der Waals surface area contributed by atoms with Crippen molar-refractivity contribution in [2.45, 2.75) is 38.6 Å². The maximum atomic E-state index is 12.7. The standard InChI is InChI=1S/C26H23NO6/c1-15-17(9-10-24(28)27-11-5-8-21(27)25(29)30)26(31)33-23-13-22-19(12-18(15)23)20(14-32-22)16-6-3-2-4-7-16/h2-4,6-7,12-14,21H,5,8-11H2,1H3,(H,29,30). The van der Waals surface area contributed by atoms with E-state index in [9.17, 15) is 19.5 Å². The molecule has 168 valence electrons. The Labute approximate surface area is 189 Å². The molecule has 1 amide bonds. The fourth-order valence-corrected chi connectivity index (χ4v) is 4.74. The first-order valence-electron chi connectivity index (χ1n) is 11.0. The van der Waals surface area contributed by atoms with Crippen molar-refractivity contribution in [3.8, 4) is 11.1 Å². The molecule has 1 N–H and O–H groups in total. The number of amides is 1. The zero-order valence-electron chi connectivity index (χ0n) is 18.2. The Balaban J connectivity index is 1.49. The van der Waals surface area contributed by atoms with Crippen LogP contribution in [0.2, 0.25) is 0 Å². The quantitative estimate of drug-likeness (QED) is 0.453. The van der Waals surface area contributed by atoms with Crippen LogP contribution in [0.1, 0.15) is 30.4 Å². The number of fused-ring (bicyclic) bond motifs is 2. The minimum Gasteiger partial charge on any atom is -0.480 e. The Kier molecular flexibility index (Phi) is 5.24. The van der Waals surface area contributed by atoms with Crippen molar-refractivity contribution in [2.24, 2.45) is 0 Å². The number of carboxylic acid groups (broad SMARTS) is 1. The van der Waals surface area contributed by atoms with E-state index in [4.69, 9.17) is 8.83 Å². The molecule has 1 saturated heterocycles. The van der Waals surface area contributed by atoms with Gasteiger partial charge in [-0.3, -0.25) is 4.79 Å². The molecule has 1 aliphatic heterocycles. The Morgan fingerprint density at radius 3 is 2.67 bits per heavy atom. The van der Waals surface area contributed by atoms with Gasteiger partial charge in [0.1, 0.15) is 17.2 Å². The fourth-order valence-electron chi connectivity index (χ4n) is 4.74. The summed E-state index contributed by atoms with van der Waals surface area (Å²) >= 11 is 0. The maximum absolute atomic E-state index is 12.7. The van der Waals surface area contributed by atoms with Gasteiger partial charge < -0.3 is 18.8 Å². The van der Waals surface area contributed by atoms with Crippen molar-refractivity contribution < 1.29 is 23.5 Å². The summed E-state index contributed by atoms with van der Waals surface area (Å²) in [5, 5.41) is 11.0. The van der Waals surface area contributed by atoms with E-state index in [0.29, 0.717) is 36.1 Å². The molecule has 1 unspecified atom stereocenters. The van der Waals surface area contributed by atoms with Gasteiger partial charge in [-0.25, -0.2) is 9.59 Å². The number of carboxylic acids is 1. The van der Waals surface area contributed by atoms with Gasteiger partial charge in [0.2, 0.25) is 5.91 Å². The fraction of sp³-hybridized carbons (Fsp3) is 0.269. The Hall–Kier alpha value is -3.87. The molecule has 4 aromatic rings. The zero-order chi connectivity index (χ0) is 23.1. The predicted molar refractivity (Wildman–Crippen MR) is 123 cm³/mol. The molecule has 0 aliphatic carbocycles. The largest absolute Gasteiger partial charge is 0.480 e. The van der Waals surface area contributed by atoms with Crippen LogP contribution < -0.4 is 5.63 Å². The minimum absolute atomic E-state index is 0.0596. The van der Waals surface area contributed by atoms with Crippen LogP contribution in [-0.4, -0.2) is 34.5 Å². The van der Waals surface area contributed by atoms with E-state index in [-0.39, 0.29) is 18.7 Å². The molecule has 2 aromatic heterocycles. The molecule has 7 heteroatoms. The monoisotopic (exact) mass is 445 g/mol. The predicted octanol–water partition coefficient (Wildman–Crippen LogP) is 4.52. The van der Waals surface area contributed by atoms with Gasteiger partial charge in [-0.15, -0.1) is 0 Å². The molecule has 33 heavy (non-hydrogen) atoms. The van der Waals surface area contributed by atoms with Crippen molar-refractivity contribution in [1.29, 1.82) is 0 Å². The second-order valence-corrected chi connectivity index (χ2v) is 8.44. The van der Waals surface area contributed by atoms with Crippen LogP contribution in [0.4, 0.5) is 0 Å². The Morgan fingerprint density at radius 2 is 1.91 bits per heavy atom. The molecule has 0 spiro atoms. The molecular formula is C26H23NO6.